The molecule has 0 spiro atoms. The summed E-state index contributed by atoms with van der Waals surface area (Å²) in [7, 11) is 0. The summed E-state index contributed by atoms with van der Waals surface area (Å²) in [5.41, 5.74) is 4.61. The first-order valence-corrected chi connectivity index (χ1v) is 11.8. The maximum atomic E-state index is 12.3. The fraction of sp³-hybridized carbons (Fsp3) is 0.310. The Kier molecular flexibility index (Phi) is 9.30. The van der Waals surface area contributed by atoms with Crippen LogP contribution in [0.2, 0.25) is 0 Å². The summed E-state index contributed by atoms with van der Waals surface area (Å²) in [5, 5.41) is 0. The normalized spacial score (nSPS) is 11.3. The predicted octanol–water partition coefficient (Wildman–Crippen LogP) is 6.39. The number of ether oxygens (including phenoxy) is 3. The fourth-order valence-corrected chi connectivity index (χ4v) is 3.67. The maximum Gasteiger partial charge on any atom is 0.373 e. The van der Waals surface area contributed by atoms with Gasteiger partial charge in [0, 0.05) is 12.0 Å². The van der Waals surface area contributed by atoms with Gasteiger partial charge in [-0.3, -0.25) is 0 Å². The van der Waals surface area contributed by atoms with Gasteiger partial charge in [-0.2, -0.15) is 0 Å². The molecule has 6 nitrogen and oxygen atoms in total. The molecular formula is C29H33NO5. The molecule has 0 aliphatic rings. The summed E-state index contributed by atoms with van der Waals surface area (Å²) in [6.07, 6.45) is 4.72. The second-order valence-electron chi connectivity index (χ2n) is 8.13. The molecular weight excluding hydrogens is 442 g/mol. The Bertz CT molecular complexity index is 1150. The minimum Gasteiger partial charge on any atom is -0.493 e. The van der Waals surface area contributed by atoms with Crippen molar-refractivity contribution in [2.24, 2.45) is 0 Å². The number of aromatic nitrogens is 1. The Hall–Kier alpha value is -3.80. The first kappa shape index (κ1) is 25.8. The molecule has 184 valence electrons. The first-order chi connectivity index (χ1) is 16.9. The molecule has 0 unspecified atom stereocenters. The molecule has 3 rings (SSSR count). The van der Waals surface area contributed by atoms with E-state index in [1.807, 2.05) is 63.2 Å². The number of carbonyl (C=O) groups excluding carboxylic acids is 1. The fourth-order valence-electron chi connectivity index (χ4n) is 3.67. The molecule has 0 radical (unpaired) electrons. The van der Waals surface area contributed by atoms with Crippen LogP contribution in [0.4, 0.5) is 0 Å². The molecule has 1 aromatic heterocycles. The summed E-state index contributed by atoms with van der Waals surface area (Å²) in [5.74, 6) is 1.93. The van der Waals surface area contributed by atoms with Crippen LogP contribution in [0.15, 0.2) is 65.3 Å². The van der Waals surface area contributed by atoms with Crippen molar-refractivity contribution >= 4 is 12.0 Å². The topological polar surface area (TPSA) is 70.8 Å². The van der Waals surface area contributed by atoms with E-state index in [0.717, 1.165) is 39.5 Å². The molecule has 0 aliphatic heterocycles. The lowest BCUT2D eigenvalue weighted by molar-refractivity contribution is -0.142. The summed E-state index contributed by atoms with van der Waals surface area (Å²) in [6, 6.07) is 13.8. The lowest BCUT2D eigenvalue weighted by Crippen LogP contribution is -2.11. The van der Waals surface area contributed by atoms with E-state index in [1.165, 1.54) is 0 Å². The molecule has 35 heavy (non-hydrogen) atoms. The third-order valence-electron chi connectivity index (χ3n) is 5.34. The SMILES string of the molecule is C=CCCO/C(=C/c1cc(C)c(OCCc2nc(-c3ccccc3)oc2C)c(C)c1)C(=O)OCC. The van der Waals surface area contributed by atoms with Gasteiger partial charge in [0.2, 0.25) is 11.6 Å². The van der Waals surface area contributed by atoms with E-state index in [0.29, 0.717) is 31.9 Å². The van der Waals surface area contributed by atoms with E-state index in [9.17, 15) is 4.79 Å². The van der Waals surface area contributed by atoms with Gasteiger partial charge in [-0.15, -0.1) is 6.58 Å². The largest absolute Gasteiger partial charge is 0.493 e. The van der Waals surface area contributed by atoms with Crippen molar-refractivity contribution in [2.45, 2.75) is 40.5 Å². The Labute approximate surface area is 207 Å². The van der Waals surface area contributed by atoms with Crippen LogP contribution in [-0.2, 0) is 20.7 Å². The highest BCUT2D eigenvalue weighted by molar-refractivity contribution is 5.91. The summed E-state index contributed by atoms with van der Waals surface area (Å²) < 4.78 is 22.7. The molecule has 0 saturated carbocycles. The van der Waals surface area contributed by atoms with Crippen LogP contribution < -0.4 is 4.74 Å². The van der Waals surface area contributed by atoms with E-state index in [4.69, 9.17) is 18.6 Å². The third-order valence-corrected chi connectivity index (χ3v) is 5.34. The number of nitrogens with zero attached hydrogens (tertiary/aromatic N) is 1. The highest BCUT2D eigenvalue weighted by atomic mass is 16.6. The average molecular weight is 476 g/mol. The third kappa shape index (κ3) is 7.09. The van der Waals surface area contributed by atoms with E-state index in [1.54, 1.807) is 19.1 Å². The minimum atomic E-state index is -0.481. The second kappa shape index (κ2) is 12.6. The van der Waals surface area contributed by atoms with Crippen LogP contribution in [0.1, 0.15) is 41.5 Å². The summed E-state index contributed by atoms with van der Waals surface area (Å²) in [6.45, 7) is 12.4. The van der Waals surface area contributed by atoms with Crippen molar-refractivity contribution in [3.05, 3.63) is 89.0 Å². The molecule has 0 aliphatic carbocycles. The van der Waals surface area contributed by atoms with Crippen LogP contribution in [0.25, 0.3) is 17.5 Å². The van der Waals surface area contributed by atoms with Crippen LogP contribution in [0.5, 0.6) is 5.75 Å². The monoisotopic (exact) mass is 475 g/mol. The lowest BCUT2D eigenvalue weighted by atomic mass is 10.0. The zero-order chi connectivity index (χ0) is 25.2. The van der Waals surface area contributed by atoms with Crippen LogP contribution in [0, 0.1) is 20.8 Å². The molecule has 2 aromatic carbocycles. The summed E-state index contributed by atoms with van der Waals surface area (Å²) in [4.78, 5) is 16.9. The number of carbonyl (C=O) groups is 1. The second-order valence-corrected chi connectivity index (χ2v) is 8.13. The zero-order valence-electron chi connectivity index (χ0n) is 20.9. The van der Waals surface area contributed by atoms with Gasteiger partial charge in [-0.1, -0.05) is 24.3 Å². The molecule has 6 heteroatoms. The van der Waals surface area contributed by atoms with E-state index >= 15 is 0 Å². The molecule has 0 bridgehead atoms. The quantitative estimate of drug-likeness (QED) is 0.0994. The molecule has 0 atom stereocenters. The number of rotatable bonds is 12. The van der Waals surface area contributed by atoms with Gasteiger partial charge in [0.25, 0.3) is 0 Å². The average Bonchev–Trinajstić information content (AvgIpc) is 3.21. The highest BCUT2D eigenvalue weighted by Crippen LogP contribution is 2.27. The van der Waals surface area contributed by atoms with Crippen molar-refractivity contribution < 1.29 is 23.4 Å². The van der Waals surface area contributed by atoms with Gasteiger partial charge < -0.3 is 18.6 Å². The van der Waals surface area contributed by atoms with Crippen molar-refractivity contribution in [3.8, 4) is 17.2 Å². The Morgan fingerprint density at radius 1 is 1.06 bits per heavy atom. The van der Waals surface area contributed by atoms with E-state index in [-0.39, 0.29) is 12.4 Å². The molecule has 0 N–H and O–H groups in total. The summed E-state index contributed by atoms with van der Waals surface area (Å²) >= 11 is 0. The Morgan fingerprint density at radius 3 is 2.43 bits per heavy atom. The first-order valence-electron chi connectivity index (χ1n) is 11.8. The number of hydrogen-bond acceptors (Lipinski definition) is 6. The van der Waals surface area contributed by atoms with Gasteiger partial charge in [-0.25, -0.2) is 9.78 Å². The van der Waals surface area contributed by atoms with Crippen molar-refractivity contribution in [3.63, 3.8) is 0 Å². The predicted molar refractivity (Wildman–Crippen MR) is 137 cm³/mol. The Morgan fingerprint density at radius 2 is 1.77 bits per heavy atom. The molecule has 1 heterocycles. The van der Waals surface area contributed by atoms with Gasteiger partial charge in [-0.05, 0) is 81.1 Å². The van der Waals surface area contributed by atoms with Gasteiger partial charge in [0.15, 0.2) is 0 Å². The molecule has 0 fully saturated rings. The number of esters is 1. The smallest absolute Gasteiger partial charge is 0.373 e. The number of hydrogen-bond donors (Lipinski definition) is 0. The van der Waals surface area contributed by atoms with E-state index < -0.39 is 5.97 Å². The van der Waals surface area contributed by atoms with Crippen LogP contribution >= 0.6 is 0 Å². The molecule has 3 aromatic rings. The molecule has 0 saturated heterocycles. The minimum absolute atomic E-state index is 0.178. The van der Waals surface area contributed by atoms with Crippen LogP contribution in [-0.4, -0.2) is 30.8 Å². The molecule has 0 amide bonds. The number of aryl methyl sites for hydroxylation is 3. The number of oxazole rings is 1. The van der Waals surface area contributed by atoms with Crippen LogP contribution in [0.3, 0.4) is 0 Å². The van der Waals surface area contributed by atoms with E-state index in [2.05, 4.69) is 11.6 Å². The van der Waals surface area contributed by atoms with Crippen molar-refractivity contribution in [1.29, 1.82) is 0 Å². The maximum absolute atomic E-state index is 12.3. The number of benzene rings is 2. The lowest BCUT2D eigenvalue weighted by Gasteiger charge is -2.14. The van der Waals surface area contributed by atoms with Crippen molar-refractivity contribution in [1.82, 2.24) is 4.98 Å². The van der Waals surface area contributed by atoms with Crippen molar-refractivity contribution in [2.75, 3.05) is 19.8 Å². The highest BCUT2D eigenvalue weighted by Gasteiger charge is 2.15. The van der Waals surface area contributed by atoms with Gasteiger partial charge in [0.05, 0.1) is 25.5 Å². The van der Waals surface area contributed by atoms with Gasteiger partial charge >= 0.3 is 5.97 Å². The Balaban J connectivity index is 1.69. The van der Waals surface area contributed by atoms with Gasteiger partial charge in [0.1, 0.15) is 11.5 Å². The zero-order valence-corrected chi connectivity index (χ0v) is 20.9. The standard InChI is InChI=1S/C29H33NO5/c1-6-8-15-33-26(29(31)32-7-2)19-23-17-20(3)27(21(4)18-23)34-16-14-25-22(5)35-28(30-25)24-12-10-9-11-13-24/h6,9-13,17-19H,1,7-8,14-16H2,2-5H3/b26-19+.